The molecule has 11 heteroatoms. The summed E-state index contributed by atoms with van der Waals surface area (Å²) in [5, 5.41) is 18.3. The van der Waals surface area contributed by atoms with Crippen LogP contribution in [0.5, 0.6) is 0 Å². The number of hydrogen-bond acceptors (Lipinski definition) is 3. The molecule has 0 heterocycles. The first kappa shape index (κ1) is 14.8. The van der Waals surface area contributed by atoms with Crippen LogP contribution in [0.25, 0.3) is 4.98 Å². The van der Waals surface area contributed by atoms with Crippen LogP contribution in [0.2, 0.25) is 0 Å². The van der Waals surface area contributed by atoms with Gasteiger partial charge in [-0.05, 0) is 0 Å². The second-order valence-corrected chi connectivity index (χ2v) is 2.49. The fourth-order valence-corrected chi connectivity index (χ4v) is 0.706. The highest BCUT2D eigenvalue weighted by atomic mass is 19.5. The van der Waals surface area contributed by atoms with E-state index in [1.807, 2.05) is 0 Å². The zero-order valence-corrected chi connectivity index (χ0v) is 7.86. The van der Waals surface area contributed by atoms with Crippen molar-refractivity contribution in [1.29, 1.82) is 5.39 Å². The first-order chi connectivity index (χ1) is 7.65. The van der Waals surface area contributed by atoms with Crippen molar-refractivity contribution in [2.75, 3.05) is 0 Å². The third-order valence-electron chi connectivity index (χ3n) is 1.24. The molecule has 0 aliphatic heterocycles. The van der Waals surface area contributed by atoms with E-state index in [4.69, 9.17) is 5.39 Å². The third kappa shape index (κ3) is 6.77. The van der Waals surface area contributed by atoms with Gasteiger partial charge in [-0.15, -0.1) is 0 Å². The van der Waals surface area contributed by atoms with Crippen molar-refractivity contribution in [1.82, 2.24) is 0 Å². The van der Waals surface area contributed by atoms with Gasteiger partial charge in [-0.1, -0.05) is 0 Å². The summed E-state index contributed by atoms with van der Waals surface area (Å²) in [5.41, 5.74) is -0.694. The second kappa shape index (κ2) is 5.73. The van der Waals surface area contributed by atoms with Crippen LogP contribution in [0.1, 0.15) is 0 Å². The van der Waals surface area contributed by atoms with Gasteiger partial charge in [-0.2, -0.15) is 4.39 Å². The average molecular weight is 255 g/mol. The molecular formula is C6H3BF5N3O2. The highest BCUT2D eigenvalue weighted by Gasteiger charge is 2.20. The third-order valence-corrected chi connectivity index (χ3v) is 1.24. The lowest BCUT2D eigenvalue weighted by molar-refractivity contribution is -0.387. The van der Waals surface area contributed by atoms with E-state index in [0.717, 1.165) is 18.2 Å². The number of rotatable bonds is 1. The van der Waals surface area contributed by atoms with E-state index in [1.54, 1.807) is 0 Å². The first-order valence-corrected chi connectivity index (χ1v) is 3.81. The summed E-state index contributed by atoms with van der Waals surface area (Å²) in [5.74, 6) is -1.02. The Labute approximate surface area is 90.7 Å². The van der Waals surface area contributed by atoms with Crippen LogP contribution in [0.15, 0.2) is 18.2 Å². The molecular weight excluding hydrogens is 252 g/mol. The van der Waals surface area contributed by atoms with Crippen molar-refractivity contribution in [2.45, 2.75) is 0 Å². The van der Waals surface area contributed by atoms with Gasteiger partial charge >= 0.3 is 18.6 Å². The quantitative estimate of drug-likeness (QED) is 0.253. The van der Waals surface area contributed by atoms with Crippen molar-refractivity contribution >= 4 is 18.6 Å². The summed E-state index contributed by atoms with van der Waals surface area (Å²) >= 11 is 0. The molecule has 0 spiro atoms. The Kier molecular flexibility index (Phi) is 4.98. The van der Waals surface area contributed by atoms with E-state index in [9.17, 15) is 31.8 Å². The summed E-state index contributed by atoms with van der Waals surface area (Å²) < 4.78 is 51.7. The number of benzene rings is 1. The molecule has 0 aromatic heterocycles. The summed E-state index contributed by atoms with van der Waals surface area (Å²) in [6, 6.07) is 2.85. The van der Waals surface area contributed by atoms with Crippen molar-refractivity contribution in [2.24, 2.45) is 0 Å². The summed E-state index contributed by atoms with van der Waals surface area (Å²) in [6.45, 7) is 0. The van der Waals surface area contributed by atoms with Gasteiger partial charge in [0.15, 0.2) is 4.98 Å². The number of nitro groups is 1. The van der Waals surface area contributed by atoms with Crippen LogP contribution < -0.4 is 0 Å². The predicted molar refractivity (Wildman–Crippen MR) is 48.0 cm³/mol. The Morgan fingerprint density at radius 2 is 1.76 bits per heavy atom. The van der Waals surface area contributed by atoms with Gasteiger partial charge in [0.2, 0.25) is 11.2 Å². The van der Waals surface area contributed by atoms with Crippen LogP contribution in [-0.2, 0) is 0 Å². The van der Waals surface area contributed by atoms with Crippen LogP contribution >= 0.6 is 0 Å². The lowest BCUT2D eigenvalue weighted by atomic mass is 10.3. The highest BCUT2D eigenvalue weighted by Crippen LogP contribution is 2.22. The minimum Gasteiger partial charge on any atom is -0.418 e. The zero-order valence-electron chi connectivity index (χ0n) is 7.86. The average Bonchev–Trinajstić information content (AvgIpc) is 2.14. The number of hydrogen-bond donors (Lipinski definition) is 0. The first-order valence-electron chi connectivity index (χ1n) is 3.81. The molecule has 0 aliphatic rings. The molecule has 0 amide bonds. The van der Waals surface area contributed by atoms with Gasteiger partial charge in [-0.3, -0.25) is 10.1 Å². The fourth-order valence-electron chi connectivity index (χ4n) is 0.706. The van der Waals surface area contributed by atoms with Crippen LogP contribution in [0, 0.1) is 21.3 Å². The molecule has 0 bridgehead atoms. The minimum atomic E-state index is -6.00. The number of halogens is 5. The topological polar surface area (TPSA) is 71.3 Å². The van der Waals surface area contributed by atoms with Crippen molar-refractivity contribution in [3.63, 3.8) is 0 Å². The van der Waals surface area contributed by atoms with Crippen LogP contribution in [0.3, 0.4) is 0 Å². The molecule has 17 heavy (non-hydrogen) atoms. The lowest BCUT2D eigenvalue weighted by Gasteiger charge is -1.94. The van der Waals surface area contributed by atoms with Crippen LogP contribution in [0.4, 0.5) is 33.0 Å². The van der Waals surface area contributed by atoms with E-state index in [2.05, 4.69) is 4.98 Å². The van der Waals surface area contributed by atoms with Crippen molar-refractivity contribution in [3.05, 3.63) is 39.1 Å². The Morgan fingerprint density at radius 3 is 2.06 bits per heavy atom. The smallest absolute Gasteiger partial charge is 0.418 e. The molecule has 0 saturated heterocycles. The Balaban J connectivity index is 0.000000437. The van der Waals surface area contributed by atoms with Gasteiger partial charge in [0.1, 0.15) is 0 Å². The Morgan fingerprint density at radius 1 is 1.29 bits per heavy atom. The van der Waals surface area contributed by atoms with Crippen molar-refractivity contribution < 1.29 is 26.6 Å². The van der Waals surface area contributed by atoms with Gasteiger partial charge in [0.05, 0.1) is 11.0 Å². The maximum absolute atomic E-state index is 12.7. The molecule has 0 radical (unpaired) electrons. The van der Waals surface area contributed by atoms with Gasteiger partial charge < -0.3 is 17.3 Å². The molecule has 1 aromatic carbocycles. The Bertz CT molecular complexity index is 452. The molecule has 0 aliphatic carbocycles. The molecule has 5 nitrogen and oxygen atoms in total. The predicted octanol–water partition coefficient (Wildman–Crippen LogP) is 3.52. The molecule has 0 fully saturated rings. The molecule has 0 unspecified atom stereocenters. The van der Waals surface area contributed by atoms with Gasteiger partial charge in [0.25, 0.3) is 0 Å². The molecule has 0 saturated carbocycles. The summed E-state index contributed by atoms with van der Waals surface area (Å²) in [4.78, 5) is 11.9. The normalized spacial score (nSPS) is 9.88. The standard InChI is InChI=1S/C6H3FN3O2.BF4/c7-5-3-4(9-8)1-2-6(5)10(11)12;2-1(3,4)5/h1-3H;/q+1;-1. The number of nitrogens with zero attached hydrogens (tertiary/aromatic N) is 3. The number of diazo groups is 1. The maximum atomic E-state index is 12.7. The summed E-state index contributed by atoms with van der Waals surface area (Å²) in [6.07, 6.45) is 0. The molecule has 1 rings (SSSR count). The van der Waals surface area contributed by atoms with E-state index in [0.29, 0.717) is 0 Å². The zero-order chi connectivity index (χ0) is 13.6. The van der Waals surface area contributed by atoms with E-state index in [1.165, 1.54) is 0 Å². The lowest BCUT2D eigenvalue weighted by Crippen LogP contribution is -2.02. The largest absolute Gasteiger partial charge is 0.673 e. The SMILES string of the molecule is F[B-](F)(F)F.N#[N+]c1ccc([N+](=O)[O-])c(F)c1. The van der Waals surface area contributed by atoms with Crippen LogP contribution in [-0.4, -0.2) is 12.2 Å². The molecule has 0 N–H and O–H groups in total. The van der Waals surface area contributed by atoms with Crippen molar-refractivity contribution in [3.8, 4) is 0 Å². The highest BCUT2D eigenvalue weighted by molar-refractivity contribution is 6.50. The monoisotopic (exact) mass is 255 g/mol. The van der Waals surface area contributed by atoms with Gasteiger partial charge in [-0.25, -0.2) is 0 Å². The van der Waals surface area contributed by atoms with E-state index < -0.39 is 23.7 Å². The van der Waals surface area contributed by atoms with E-state index in [-0.39, 0.29) is 5.69 Å². The molecule has 1 aromatic rings. The number of nitro benzene ring substituents is 1. The molecule has 92 valence electrons. The maximum Gasteiger partial charge on any atom is 0.673 e. The Hall–Kier alpha value is -2.25. The fraction of sp³-hybridized carbons (Fsp3) is 0. The minimum absolute atomic E-state index is 0.0573. The second-order valence-electron chi connectivity index (χ2n) is 2.49. The van der Waals surface area contributed by atoms with Gasteiger partial charge in [0, 0.05) is 12.1 Å². The summed E-state index contributed by atoms with van der Waals surface area (Å²) in [7, 11) is -6.00. The molecule has 0 atom stereocenters. The van der Waals surface area contributed by atoms with E-state index >= 15 is 0 Å².